The third kappa shape index (κ3) is 2.92. The lowest BCUT2D eigenvalue weighted by atomic mass is 10.1. The van der Waals surface area contributed by atoms with Crippen LogP contribution >= 0.6 is 11.3 Å². The molecule has 0 radical (unpaired) electrons. The molecule has 0 amide bonds. The molecule has 1 saturated heterocycles. The fraction of sp³-hybridized carbons (Fsp3) is 0.571. The Bertz CT molecular complexity index is 627. The topological polar surface area (TPSA) is 49.6 Å². The van der Waals surface area contributed by atoms with Crippen LogP contribution in [-0.2, 0) is 6.54 Å². The zero-order valence-electron chi connectivity index (χ0n) is 11.7. The molecule has 1 unspecified atom stereocenters. The summed E-state index contributed by atoms with van der Waals surface area (Å²) in [5.74, 6) is 0. The number of fused-ring (bicyclic) bond motifs is 1. The minimum Gasteiger partial charge on any atom is -0.317 e. The predicted molar refractivity (Wildman–Crippen MR) is 81.3 cm³/mol. The van der Waals surface area contributed by atoms with E-state index in [4.69, 9.17) is 0 Å². The van der Waals surface area contributed by atoms with Crippen molar-refractivity contribution in [2.75, 3.05) is 20.1 Å². The summed E-state index contributed by atoms with van der Waals surface area (Å²) >= 11 is 1.50. The summed E-state index contributed by atoms with van der Waals surface area (Å²) in [6.45, 7) is 2.94. The molecule has 1 aliphatic rings. The molecule has 3 heterocycles. The molecule has 1 N–H and O–H groups in total. The van der Waals surface area contributed by atoms with Crippen LogP contribution in [-0.4, -0.2) is 40.5 Å². The zero-order chi connectivity index (χ0) is 13.9. The molecule has 0 saturated carbocycles. The first kappa shape index (κ1) is 13.7. The first-order valence-corrected chi connectivity index (χ1v) is 7.99. The van der Waals surface area contributed by atoms with Gasteiger partial charge >= 0.3 is 0 Å². The van der Waals surface area contributed by atoms with E-state index in [1.807, 2.05) is 5.38 Å². The second-order valence-corrected chi connectivity index (χ2v) is 6.26. The normalized spacial score (nSPS) is 20.4. The first-order valence-electron chi connectivity index (χ1n) is 7.11. The summed E-state index contributed by atoms with van der Waals surface area (Å²) in [7, 11) is 2.13. The van der Waals surface area contributed by atoms with Gasteiger partial charge in [-0.1, -0.05) is 0 Å². The second kappa shape index (κ2) is 6.03. The Balaban J connectivity index is 1.76. The summed E-state index contributed by atoms with van der Waals surface area (Å²) in [6, 6.07) is 2.24. The molecule has 6 heteroatoms. The molecule has 2 aromatic heterocycles. The van der Waals surface area contributed by atoms with Gasteiger partial charge in [-0.05, 0) is 39.4 Å². The van der Waals surface area contributed by atoms with Gasteiger partial charge in [-0.3, -0.25) is 14.1 Å². The van der Waals surface area contributed by atoms with Crippen LogP contribution in [0.4, 0.5) is 0 Å². The molecule has 1 fully saturated rings. The number of hydrogen-bond donors (Lipinski definition) is 1. The molecule has 3 rings (SSSR count). The largest absolute Gasteiger partial charge is 0.317 e. The van der Waals surface area contributed by atoms with E-state index in [9.17, 15) is 4.79 Å². The Kier molecular flexibility index (Phi) is 4.14. The fourth-order valence-electron chi connectivity index (χ4n) is 2.79. The maximum Gasteiger partial charge on any atom is 0.258 e. The number of thiazole rings is 1. The minimum atomic E-state index is 0.0159. The van der Waals surface area contributed by atoms with Crippen LogP contribution in [0.1, 0.15) is 25.0 Å². The molecule has 2 aromatic rings. The molecule has 20 heavy (non-hydrogen) atoms. The van der Waals surface area contributed by atoms with E-state index >= 15 is 0 Å². The van der Waals surface area contributed by atoms with Crippen LogP contribution in [0.5, 0.6) is 0 Å². The van der Waals surface area contributed by atoms with E-state index < -0.39 is 0 Å². The van der Waals surface area contributed by atoms with Gasteiger partial charge in [0.15, 0.2) is 4.96 Å². The quantitative estimate of drug-likeness (QED) is 0.927. The fourth-order valence-corrected chi connectivity index (χ4v) is 3.53. The van der Waals surface area contributed by atoms with E-state index in [-0.39, 0.29) is 5.56 Å². The molecule has 108 valence electrons. The molecule has 0 spiro atoms. The smallest absolute Gasteiger partial charge is 0.258 e. The number of aromatic nitrogens is 2. The second-order valence-electron chi connectivity index (χ2n) is 5.39. The van der Waals surface area contributed by atoms with Gasteiger partial charge in [-0.2, -0.15) is 0 Å². The lowest BCUT2D eigenvalue weighted by Gasteiger charge is -2.26. The van der Waals surface area contributed by atoms with E-state index in [2.05, 4.69) is 22.2 Å². The van der Waals surface area contributed by atoms with Gasteiger partial charge in [0, 0.05) is 30.2 Å². The highest BCUT2D eigenvalue weighted by Gasteiger charge is 2.17. The van der Waals surface area contributed by atoms with Crippen LogP contribution in [0.25, 0.3) is 4.96 Å². The molecule has 1 atom stereocenters. The first-order chi connectivity index (χ1) is 9.74. The number of nitrogens with one attached hydrogen (secondary N) is 1. The van der Waals surface area contributed by atoms with Crippen molar-refractivity contribution >= 4 is 16.3 Å². The maximum atomic E-state index is 12.0. The highest BCUT2D eigenvalue weighted by atomic mass is 32.1. The van der Waals surface area contributed by atoms with E-state index in [1.165, 1.54) is 24.2 Å². The summed E-state index contributed by atoms with van der Waals surface area (Å²) < 4.78 is 1.60. The van der Waals surface area contributed by atoms with E-state index in [0.717, 1.165) is 36.7 Å². The summed E-state index contributed by atoms with van der Waals surface area (Å²) in [5, 5.41) is 5.33. The van der Waals surface area contributed by atoms with Crippen molar-refractivity contribution < 1.29 is 0 Å². The molecular weight excluding hydrogens is 272 g/mol. The Labute approximate surface area is 122 Å². The van der Waals surface area contributed by atoms with Crippen molar-refractivity contribution in [3.8, 4) is 0 Å². The molecule has 0 aromatic carbocycles. The molecule has 5 nitrogen and oxygen atoms in total. The molecular formula is C14H20N4OS. The van der Waals surface area contributed by atoms with Gasteiger partial charge in [0.25, 0.3) is 5.56 Å². The predicted octanol–water partition coefficient (Wildman–Crippen LogP) is 1.33. The summed E-state index contributed by atoms with van der Waals surface area (Å²) in [4.78, 5) is 19.7. The van der Waals surface area contributed by atoms with Gasteiger partial charge in [0.2, 0.25) is 0 Å². The minimum absolute atomic E-state index is 0.0159. The highest BCUT2D eigenvalue weighted by molar-refractivity contribution is 7.15. The van der Waals surface area contributed by atoms with Crippen LogP contribution in [0.3, 0.4) is 0 Å². The summed E-state index contributed by atoms with van der Waals surface area (Å²) in [6.07, 6.45) is 5.37. The van der Waals surface area contributed by atoms with Gasteiger partial charge in [-0.15, -0.1) is 11.3 Å². The van der Waals surface area contributed by atoms with Crippen molar-refractivity contribution in [3.63, 3.8) is 0 Å². The van der Waals surface area contributed by atoms with E-state index in [1.54, 1.807) is 16.7 Å². The molecule has 0 aliphatic carbocycles. The van der Waals surface area contributed by atoms with Crippen LogP contribution in [0.2, 0.25) is 0 Å². The third-order valence-electron chi connectivity index (χ3n) is 3.94. The average Bonchev–Trinajstić information content (AvgIpc) is 2.73. The SMILES string of the molecule is CN(Cc1cc(=O)n2ccsc2n1)C1CCCNCC1. The third-order valence-corrected chi connectivity index (χ3v) is 4.69. The highest BCUT2D eigenvalue weighted by Crippen LogP contribution is 2.14. The maximum absolute atomic E-state index is 12.0. The number of nitrogens with zero attached hydrogens (tertiary/aromatic N) is 3. The number of rotatable bonds is 3. The standard InChI is InChI=1S/C14H20N4OS/c1-17(12-3-2-5-15-6-4-12)10-11-9-13(19)18-7-8-20-14(18)16-11/h7-9,12,15H,2-6,10H2,1H3. The van der Waals surface area contributed by atoms with Gasteiger partial charge in [0.1, 0.15) is 0 Å². The van der Waals surface area contributed by atoms with Crippen molar-refractivity contribution in [3.05, 3.63) is 33.7 Å². The van der Waals surface area contributed by atoms with Gasteiger partial charge in [0.05, 0.1) is 5.69 Å². The van der Waals surface area contributed by atoms with Gasteiger partial charge in [-0.25, -0.2) is 4.98 Å². The number of hydrogen-bond acceptors (Lipinski definition) is 5. The Morgan fingerprint density at radius 2 is 2.40 bits per heavy atom. The summed E-state index contributed by atoms with van der Waals surface area (Å²) in [5.41, 5.74) is 0.888. The molecule has 0 bridgehead atoms. The Hall–Kier alpha value is -1.24. The van der Waals surface area contributed by atoms with Crippen molar-refractivity contribution in [2.24, 2.45) is 0 Å². The van der Waals surface area contributed by atoms with Crippen LogP contribution < -0.4 is 10.9 Å². The Morgan fingerprint density at radius 1 is 1.50 bits per heavy atom. The lowest BCUT2D eigenvalue weighted by Crippen LogP contribution is -2.32. The van der Waals surface area contributed by atoms with Crippen molar-refractivity contribution in [1.82, 2.24) is 19.6 Å². The van der Waals surface area contributed by atoms with E-state index in [0.29, 0.717) is 6.04 Å². The Morgan fingerprint density at radius 3 is 3.30 bits per heavy atom. The van der Waals surface area contributed by atoms with Crippen molar-refractivity contribution in [1.29, 1.82) is 0 Å². The zero-order valence-corrected chi connectivity index (χ0v) is 12.5. The lowest BCUT2D eigenvalue weighted by molar-refractivity contribution is 0.214. The van der Waals surface area contributed by atoms with Crippen LogP contribution in [0.15, 0.2) is 22.4 Å². The molecule has 1 aliphatic heterocycles. The van der Waals surface area contributed by atoms with Crippen molar-refractivity contribution in [2.45, 2.75) is 31.8 Å². The monoisotopic (exact) mass is 292 g/mol. The van der Waals surface area contributed by atoms with Gasteiger partial charge < -0.3 is 5.32 Å². The average molecular weight is 292 g/mol. The van der Waals surface area contributed by atoms with Crippen LogP contribution in [0, 0.1) is 0 Å².